The average molecular weight is 265 g/mol. The van der Waals surface area contributed by atoms with Crippen molar-refractivity contribution in [1.29, 1.82) is 0 Å². The minimum absolute atomic E-state index is 0.437. The fourth-order valence-electron chi connectivity index (χ4n) is 2.25. The predicted octanol–water partition coefficient (Wildman–Crippen LogP) is 2.96. The zero-order valence-electron chi connectivity index (χ0n) is 11.8. The fraction of sp³-hybridized carbons (Fsp3) is 0.571. The van der Waals surface area contributed by atoms with Gasteiger partial charge in [-0.3, -0.25) is 4.98 Å². The number of nitrogens with zero attached hydrogens (tertiary/aromatic N) is 2. The van der Waals surface area contributed by atoms with Crippen LogP contribution in [-0.2, 0) is 0 Å². The third kappa shape index (κ3) is 3.42. The fourth-order valence-corrected chi connectivity index (χ4v) is 2.51. The molecular formula is C14H23N3S. The average Bonchev–Trinajstić information content (AvgIpc) is 2.26. The van der Waals surface area contributed by atoms with Gasteiger partial charge < -0.3 is 10.6 Å². The van der Waals surface area contributed by atoms with Crippen LogP contribution < -0.4 is 10.6 Å². The Morgan fingerprint density at radius 1 is 1.28 bits per heavy atom. The predicted molar refractivity (Wildman–Crippen MR) is 82.4 cm³/mol. The number of pyridine rings is 1. The van der Waals surface area contributed by atoms with Gasteiger partial charge in [0.25, 0.3) is 0 Å². The molecular weight excluding hydrogens is 242 g/mol. The lowest BCUT2D eigenvalue weighted by molar-refractivity contribution is 0.742. The lowest BCUT2D eigenvalue weighted by Gasteiger charge is -2.27. The first-order valence-corrected chi connectivity index (χ1v) is 6.95. The summed E-state index contributed by atoms with van der Waals surface area (Å²) in [6.07, 6.45) is 2.22. The minimum Gasteiger partial charge on any atom is -0.389 e. The van der Waals surface area contributed by atoms with Crippen LogP contribution in [0, 0.1) is 13.8 Å². The van der Waals surface area contributed by atoms with Crippen molar-refractivity contribution in [2.75, 3.05) is 18.0 Å². The van der Waals surface area contributed by atoms with Gasteiger partial charge in [-0.2, -0.15) is 0 Å². The topological polar surface area (TPSA) is 42.2 Å². The number of aromatic nitrogens is 1. The number of hydrogen-bond acceptors (Lipinski definition) is 3. The summed E-state index contributed by atoms with van der Waals surface area (Å²) in [5.74, 6) is 0. The van der Waals surface area contributed by atoms with Gasteiger partial charge in [-0.25, -0.2) is 0 Å². The van der Waals surface area contributed by atoms with Crippen LogP contribution in [0.5, 0.6) is 0 Å². The maximum Gasteiger partial charge on any atom is 0.107 e. The second-order valence-electron chi connectivity index (χ2n) is 4.59. The highest BCUT2D eigenvalue weighted by molar-refractivity contribution is 7.80. The van der Waals surface area contributed by atoms with Crippen LogP contribution in [0.1, 0.15) is 43.6 Å². The summed E-state index contributed by atoms with van der Waals surface area (Å²) in [5, 5.41) is 0. The molecule has 0 saturated heterocycles. The van der Waals surface area contributed by atoms with E-state index in [-0.39, 0.29) is 0 Å². The molecule has 0 atom stereocenters. The van der Waals surface area contributed by atoms with E-state index in [4.69, 9.17) is 18.0 Å². The molecule has 0 aliphatic heterocycles. The van der Waals surface area contributed by atoms with Gasteiger partial charge in [0.1, 0.15) is 4.99 Å². The molecule has 0 aliphatic rings. The third-order valence-electron chi connectivity index (χ3n) is 2.88. The number of rotatable bonds is 6. The summed E-state index contributed by atoms with van der Waals surface area (Å²) < 4.78 is 0. The largest absolute Gasteiger partial charge is 0.389 e. The van der Waals surface area contributed by atoms with Gasteiger partial charge in [-0.15, -0.1) is 0 Å². The number of nitrogens with two attached hydrogens (primary N) is 1. The number of thiocarbonyl (C=S) groups is 1. The Morgan fingerprint density at radius 2 is 1.83 bits per heavy atom. The van der Waals surface area contributed by atoms with Crippen molar-refractivity contribution >= 4 is 22.9 Å². The highest BCUT2D eigenvalue weighted by atomic mass is 32.1. The quantitative estimate of drug-likeness (QED) is 0.803. The van der Waals surface area contributed by atoms with Crippen molar-refractivity contribution in [2.24, 2.45) is 5.73 Å². The lowest BCUT2D eigenvalue weighted by Crippen LogP contribution is -2.28. The van der Waals surface area contributed by atoms with E-state index in [0.29, 0.717) is 4.99 Å². The van der Waals surface area contributed by atoms with Gasteiger partial charge in [0.2, 0.25) is 0 Å². The molecule has 4 heteroatoms. The Balaban J connectivity index is 3.29. The zero-order valence-corrected chi connectivity index (χ0v) is 12.6. The Bertz CT molecular complexity index is 423. The van der Waals surface area contributed by atoms with Crippen molar-refractivity contribution in [3.63, 3.8) is 0 Å². The molecule has 2 N–H and O–H groups in total. The molecule has 1 aromatic rings. The molecule has 0 fully saturated rings. The standard InChI is InChI=1S/C14H23N3S/c1-5-7-17(8-6-2)12-9-10(3)16-11(4)13(12)14(15)18/h9H,5-8H2,1-4H3,(H2,15,18). The Labute approximate surface area is 115 Å². The molecule has 0 aliphatic carbocycles. The molecule has 0 unspecified atom stereocenters. The third-order valence-corrected chi connectivity index (χ3v) is 3.09. The van der Waals surface area contributed by atoms with Crippen LogP contribution >= 0.6 is 12.2 Å². The van der Waals surface area contributed by atoms with Gasteiger partial charge >= 0.3 is 0 Å². The molecule has 1 heterocycles. The molecule has 3 nitrogen and oxygen atoms in total. The van der Waals surface area contributed by atoms with Gasteiger partial charge in [0.15, 0.2) is 0 Å². The first-order valence-electron chi connectivity index (χ1n) is 6.54. The van der Waals surface area contributed by atoms with E-state index in [2.05, 4.69) is 29.8 Å². The van der Waals surface area contributed by atoms with E-state index in [0.717, 1.165) is 48.6 Å². The zero-order chi connectivity index (χ0) is 13.7. The van der Waals surface area contributed by atoms with E-state index >= 15 is 0 Å². The Morgan fingerprint density at radius 3 is 2.28 bits per heavy atom. The molecule has 0 bridgehead atoms. The molecule has 0 aromatic carbocycles. The van der Waals surface area contributed by atoms with Gasteiger partial charge in [0, 0.05) is 24.5 Å². The molecule has 18 heavy (non-hydrogen) atoms. The molecule has 100 valence electrons. The monoisotopic (exact) mass is 265 g/mol. The Hall–Kier alpha value is -1.16. The molecule has 0 radical (unpaired) electrons. The van der Waals surface area contributed by atoms with Gasteiger partial charge in [-0.05, 0) is 32.8 Å². The second-order valence-corrected chi connectivity index (χ2v) is 5.03. The van der Waals surface area contributed by atoms with E-state index in [1.54, 1.807) is 0 Å². The molecule has 0 amide bonds. The van der Waals surface area contributed by atoms with Crippen molar-refractivity contribution in [3.05, 3.63) is 23.0 Å². The number of anilines is 1. The number of hydrogen-bond donors (Lipinski definition) is 1. The maximum absolute atomic E-state index is 5.86. The maximum atomic E-state index is 5.86. The normalized spacial score (nSPS) is 10.4. The van der Waals surface area contributed by atoms with Crippen LogP contribution in [0.3, 0.4) is 0 Å². The summed E-state index contributed by atoms with van der Waals surface area (Å²) in [6.45, 7) is 10.4. The van der Waals surface area contributed by atoms with E-state index in [1.807, 2.05) is 13.8 Å². The smallest absolute Gasteiger partial charge is 0.107 e. The summed E-state index contributed by atoms with van der Waals surface area (Å²) in [6, 6.07) is 2.09. The summed E-state index contributed by atoms with van der Waals surface area (Å²) in [7, 11) is 0. The van der Waals surface area contributed by atoms with Crippen LogP contribution in [0.4, 0.5) is 5.69 Å². The minimum atomic E-state index is 0.437. The highest BCUT2D eigenvalue weighted by Crippen LogP contribution is 2.24. The molecule has 0 spiro atoms. The van der Waals surface area contributed by atoms with E-state index in [9.17, 15) is 0 Å². The van der Waals surface area contributed by atoms with E-state index < -0.39 is 0 Å². The molecule has 1 rings (SSSR count). The number of aryl methyl sites for hydroxylation is 2. The first kappa shape index (κ1) is 14.9. The SMILES string of the molecule is CCCN(CCC)c1cc(C)nc(C)c1C(N)=S. The first-order chi connectivity index (χ1) is 8.51. The summed E-state index contributed by atoms with van der Waals surface area (Å²) in [4.78, 5) is 7.26. The second kappa shape index (κ2) is 6.69. The van der Waals surface area contributed by atoms with Crippen molar-refractivity contribution in [3.8, 4) is 0 Å². The summed E-state index contributed by atoms with van der Waals surface area (Å²) >= 11 is 5.18. The summed E-state index contributed by atoms with van der Waals surface area (Å²) in [5.41, 5.74) is 9.86. The van der Waals surface area contributed by atoms with Crippen molar-refractivity contribution in [1.82, 2.24) is 4.98 Å². The van der Waals surface area contributed by atoms with Crippen LogP contribution in [0.15, 0.2) is 6.07 Å². The van der Waals surface area contributed by atoms with Crippen LogP contribution in [0.25, 0.3) is 0 Å². The Kier molecular flexibility index (Phi) is 5.54. The van der Waals surface area contributed by atoms with Crippen LogP contribution in [-0.4, -0.2) is 23.1 Å². The van der Waals surface area contributed by atoms with Crippen molar-refractivity contribution in [2.45, 2.75) is 40.5 Å². The van der Waals surface area contributed by atoms with Gasteiger partial charge in [0.05, 0.1) is 11.3 Å². The van der Waals surface area contributed by atoms with Crippen LogP contribution in [0.2, 0.25) is 0 Å². The lowest BCUT2D eigenvalue weighted by atomic mass is 10.1. The van der Waals surface area contributed by atoms with E-state index in [1.165, 1.54) is 0 Å². The van der Waals surface area contributed by atoms with Crippen molar-refractivity contribution < 1.29 is 0 Å². The van der Waals surface area contributed by atoms with Gasteiger partial charge in [-0.1, -0.05) is 26.1 Å². The molecule has 1 aromatic heterocycles. The molecule has 0 saturated carbocycles. The highest BCUT2D eigenvalue weighted by Gasteiger charge is 2.15.